The van der Waals surface area contributed by atoms with Gasteiger partial charge in [-0.1, -0.05) is 12.8 Å². The molecule has 4 amide bonds. The zero-order chi connectivity index (χ0) is 20.3. The van der Waals surface area contributed by atoms with Crippen molar-refractivity contribution < 1.29 is 19.2 Å². The molecule has 3 N–H and O–H groups in total. The number of nitrogens with zero attached hydrogens (tertiary/aromatic N) is 2. The van der Waals surface area contributed by atoms with Crippen molar-refractivity contribution in [3.8, 4) is 0 Å². The standard InChI is InChI=1S/C20H26N4O4/c1-23(11-5-3-2-4-10-21)13-6-7-14-15(12-13)20(28)24(19(14)27)16-8-9-17(25)22-18(16)26/h6-7,12,16H,2-5,8-11,21H2,1H3,(H,22,25,26). The summed E-state index contributed by atoms with van der Waals surface area (Å²) in [5, 5.41) is 2.20. The highest BCUT2D eigenvalue weighted by atomic mass is 16.2. The van der Waals surface area contributed by atoms with Crippen molar-refractivity contribution in [3.05, 3.63) is 29.3 Å². The lowest BCUT2D eigenvalue weighted by atomic mass is 10.0. The second kappa shape index (κ2) is 8.52. The minimum atomic E-state index is -0.936. The SMILES string of the molecule is CN(CCCCCCN)c1ccc2c(c1)C(=O)N(C1CCC(=O)NC1=O)C2=O. The molecule has 0 radical (unpaired) electrons. The van der Waals surface area contributed by atoms with Crippen molar-refractivity contribution in [1.82, 2.24) is 10.2 Å². The number of fused-ring (bicyclic) bond motifs is 1. The van der Waals surface area contributed by atoms with Gasteiger partial charge in [0.25, 0.3) is 11.8 Å². The Bertz CT molecular complexity index is 807. The third-order valence-electron chi connectivity index (χ3n) is 5.31. The van der Waals surface area contributed by atoms with Crippen molar-refractivity contribution in [2.24, 2.45) is 5.73 Å². The molecule has 0 saturated carbocycles. The van der Waals surface area contributed by atoms with Gasteiger partial charge in [0.05, 0.1) is 11.1 Å². The number of nitrogens with two attached hydrogens (primary N) is 1. The second-order valence-corrected chi connectivity index (χ2v) is 7.30. The van der Waals surface area contributed by atoms with E-state index in [4.69, 9.17) is 5.73 Å². The summed E-state index contributed by atoms with van der Waals surface area (Å²) in [5.41, 5.74) is 6.96. The van der Waals surface area contributed by atoms with E-state index < -0.39 is 23.8 Å². The first-order valence-corrected chi connectivity index (χ1v) is 9.71. The fraction of sp³-hybridized carbons (Fsp3) is 0.500. The fourth-order valence-corrected chi connectivity index (χ4v) is 3.67. The number of unbranched alkanes of at least 4 members (excludes halogenated alkanes) is 3. The Morgan fingerprint density at radius 3 is 2.50 bits per heavy atom. The van der Waals surface area contributed by atoms with Crippen LogP contribution in [0.4, 0.5) is 5.69 Å². The number of imide groups is 2. The first-order valence-electron chi connectivity index (χ1n) is 9.71. The van der Waals surface area contributed by atoms with Crippen LogP contribution < -0.4 is 16.0 Å². The van der Waals surface area contributed by atoms with Crippen molar-refractivity contribution in [2.45, 2.75) is 44.6 Å². The van der Waals surface area contributed by atoms with Crippen LogP contribution in [0, 0.1) is 0 Å². The third kappa shape index (κ3) is 3.91. The van der Waals surface area contributed by atoms with E-state index in [9.17, 15) is 19.2 Å². The molecule has 1 unspecified atom stereocenters. The number of carbonyl (C=O) groups is 4. The van der Waals surface area contributed by atoms with Gasteiger partial charge in [-0.2, -0.15) is 0 Å². The molecule has 0 spiro atoms. The number of hydrogen-bond acceptors (Lipinski definition) is 6. The van der Waals surface area contributed by atoms with Crippen LogP contribution in [-0.2, 0) is 9.59 Å². The maximum absolute atomic E-state index is 12.9. The molecule has 1 aromatic rings. The van der Waals surface area contributed by atoms with Gasteiger partial charge in [-0.15, -0.1) is 0 Å². The molecule has 3 rings (SSSR count). The molecule has 8 nitrogen and oxygen atoms in total. The molecule has 1 saturated heterocycles. The minimum absolute atomic E-state index is 0.113. The second-order valence-electron chi connectivity index (χ2n) is 7.30. The Balaban J connectivity index is 1.71. The molecule has 0 aromatic heterocycles. The predicted molar refractivity (Wildman–Crippen MR) is 104 cm³/mol. The summed E-state index contributed by atoms with van der Waals surface area (Å²) in [6, 6.07) is 4.23. The predicted octanol–water partition coefficient (Wildman–Crippen LogP) is 1.04. The van der Waals surface area contributed by atoms with Gasteiger partial charge in [0.1, 0.15) is 6.04 Å². The van der Waals surface area contributed by atoms with E-state index in [1.807, 2.05) is 13.1 Å². The normalized spacial score (nSPS) is 19.1. The summed E-state index contributed by atoms with van der Waals surface area (Å²) in [5.74, 6) is -1.94. The molecule has 8 heteroatoms. The zero-order valence-corrected chi connectivity index (χ0v) is 16.1. The van der Waals surface area contributed by atoms with E-state index in [-0.39, 0.29) is 18.7 Å². The zero-order valence-electron chi connectivity index (χ0n) is 16.1. The van der Waals surface area contributed by atoms with Gasteiger partial charge in [0.2, 0.25) is 11.8 Å². The number of rotatable bonds is 8. The van der Waals surface area contributed by atoms with Gasteiger partial charge < -0.3 is 10.6 Å². The highest BCUT2D eigenvalue weighted by Gasteiger charge is 2.44. The number of amides is 4. The van der Waals surface area contributed by atoms with Gasteiger partial charge in [-0.3, -0.25) is 29.4 Å². The lowest BCUT2D eigenvalue weighted by Gasteiger charge is -2.27. The van der Waals surface area contributed by atoms with E-state index >= 15 is 0 Å². The number of benzene rings is 1. The average Bonchev–Trinajstić information content (AvgIpc) is 2.92. The summed E-state index contributed by atoms with van der Waals surface area (Å²) in [4.78, 5) is 52.0. The van der Waals surface area contributed by atoms with E-state index in [0.29, 0.717) is 17.7 Å². The van der Waals surface area contributed by atoms with E-state index in [1.165, 1.54) is 0 Å². The molecule has 1 aromatic carbocycles. The topological polar surface area (TPSA) is 113 Å². The average molecular weight is 386 g/mol. The Morgan fingerprint density at radius 1 is 1.07 bits per heavy atom. The van der Waals surface area contributed by atoms with Gasteiger partial charge >= 0.3 is 0 Å². The Morgan fingerprint density at radius 2 is 1.79 bits per heavy atom. The van der Waals surface area contributed by atoms with Crippen LogP contribution in [0.1, 0.15) is 59.2 Å². The first-order chi connectivity index (χ1) is 13.4. The van der Waals surface area contributed by atoms with E-state index in [0.717, 1.165) is 42.8 Å². The van der Waals surface area contributed by atoms with Crippen LogP contribution in [0.15, 0.2) is 18.2 Å². The summed E-state index contributed by atoms with van der Waals surface area (Å²) in [7, 11) is 1.95. The molecule has 2 aliphatic heterocycles. The van der Waals surface area contributed by atoms with E-state index in [1.54, 1.807) is 12.1 Å². The van der Waals surface area contributed by atoms with Crippen molar-refractivity contribution in [1.29, 1.82) is 0 Å². The van der Waals surface area contributed by atoms with Gasteiger partial charge in [-0.05, 0) is 44.0 Å². The Labute approximate surface area is 164 Å². The molecule has 1 fully saturated rings. The molecular weight excluding hydrogens is 360 g/mol. The number of nitrogens with one attached hydrogen (secondary N) is 1. The summed E-state index contributed by atoms with van der Waals surface area (Å²) in [6.45, 7) is 1.54. The Hall–Kier alpha value is -2.74. The molecule has 2 heterocycles. The fourth-order valence-electron chi connectivity index (χ4n) is 3.67. The van der Waals surface area contributed by atoms with Crippen LogP contribution in [0.2, 0.25) is 0 Å². The van der Waals surface area contributed by atoms with E-state index in [2.05, 4.69) is 10.2 Å². The summed E-state index contributed by atoms with van der Waals surface area (Å²) < 4.78 is 0. The highest BCUT2D eigenvalue weighted by Crippen LogP contribution is 2.30. The highest BCUT2D eigenvalue weighted by molar-refractivity contribution is 6.23. The maximum atomic E-state index is 12.9. The van der Waals surface area contributed by atoms with Crippen LogP contribution in [0.3, 0.4) is 0 Å². The molecule has 150 valence electrons. The lowest BCUT2D eigenvalue weighted by Crippen LogP contribution is -2.54. The number of hydrogen-bond donors (Lipinski definition) is 2. The van der Waals surface area contributed by atoms with Crippen LogP contribution in [0.25, 0.3) is 0 Å². The monoisotopic (exact) mass is 386 g/mol. The molecule has 2 aliphatic rings. The maximum Gasteiger partial charge on any atom is 0.262 e. The molecule has 0 bridgehead atoms. The quantitative estimate of drug-likeness (QED) is 0.510. The van der Waals surface area contributed by atoms with Gasteiger partial charge in [0.15, 0.2) is 0 Å². The molecular formula is C20H26N4O4. The summed E-state index contributed by atoms with van der Waals surface area (Å²) >= 11 is 0. The van der Waals surface area contributed by atoms with Crippen LogP contribution in [-0.4, -0.2) is 54.7 Å². The number of carbonyl (C=O) groups excluding carboxylic acids is 4. The van der Waals surface area contributed by atoms with Crippen LogP contribution in [0.5, 0.6) is 0 Å². The Kier molecular flexibility index (Phi) is 6.08. The van der Waals surface area contributed by atoms with Crippen molar-refractivity contribution >= 4 is 29.3 Å². The first kappa shape index (κ1) is 20.0. The van der Waals surface area contributed by atoms with Crippen molar-refractivity contribution in [2.75, 3.05) is 25.0 Å². The largest absolute Gasteiger partial charge is 0.375 e. The summed E-state index contributed by atoms with van der Waals surface area (Å²) in [6.07, 6.45) is 4.50. The van der Waals surface area contributed by atoms with Gasteiger partial charge in [0, 0.05) is 25.7 Å². The van der Waals surface area contributed by atoms with Gasteiger partial charge in [-0.25, -0.2) is 0 Å². The van der Waals surface area contributed by atoms with Crippen molar-refractivity contribution in [3.63, 3.8) is 0 Å². The molecule has 1 atom stereocenters. The number of piperidine rings is 1. The minimum Gasteiger partial charge on any atom is -0.375 e. The number of anilines is 1. The molecule has 28 heavy (non-hydrogen) atoms. The molecule has 0 aliphatic carbocycles. The lowest BCUT2D eigenvalue weighted by molar-refractivity contribution is -0.136. The smallest absolute Gasteiger partial charge is 0.262 e. The van der Waals surface area contributed by atoms with Crippen LogP contribution >= 0.6 is 0 Å². The third-order valence-corrected chi connectivity index (χ3v) is 5.31.